The number of rotatable bonds is 9. The van der Waals surface area contributed by atoms with Crippen molar-refractivity contribution >= 4 is 17.7 Å². The highest BCUT2D eigenvalue weighted by Crippen LogP contribution is 2.27. The third kappa shape index (κ3) is 5.46. The molecule has 0 saturated carbocycles. The van der Waals surface area contributed by atoms with Crippen LogP contribution in [0.3, 0.4) is 0 Å². The minimum atomic E-state index is -0.309. The van der Waals surface area contributed by atoms with Gasteiger partial charge in [-0.25, -0.2) is 4.39 Å². The van der Waals surface area contributed by atoms with E-state index >= 15 is 0 Å². The number of nitrogens with one attached hydrogen (secondary N) is 1. The molecule has 34 heavy (non-hydrogen) atoms. The lowest BCUT2D eigenvalue weighted by atomic mass is 10.1. The number of hydrogen-bond donors (Lipinski definition) is 1. The molecular weight excluding hydrogens is 451 g/mol. The molecule has 4 aromatic rings. The predicted octanol–water partition coefficient (Wildman–Crippen LogP) is 4.99. The second kappa shape index (κ2) is 11.0. The highest BCUT2D eigenvalue weighted by atomic mass is 32.2. The molecule has 0 bridgehead atoms. The minimum Gasteiger partial charge on any atom is -0.496 e. The third-order valence-corrected chi connectivity index (χ3v) is 6.37. The molecule has 0 spiro atoms. The maximum absolute atomic E-state index is 13.6. The molecule has 3 aromatic carbocycles. The molecular formula is C26H25FN4O2S. The molecule has 0 radical (unpaired) electrons. The Morgan fingerprint density at radius 3 is 2.53 bits per heavy atom. The number of benzene rings is 3. The number of aromatic nitrogens is 3. The fourth-order valence-electron chi connectivity index (χ4n) is 3.53. The Labute approximate surface area is 202 Å². The molecule has 0 aliphatic heterocycles. The molecule has 6 nitrogen and oxygen atoms in total. The maximum Gasteiger partial charge on any atom is 0.255 e. The van der Waals surface area contributed by atoms with E-state index in [0.717, 1.165) is 11.4 Å². The first-order valence-corrected chi connectivity index (χ1v) is 11.8. The van der Waals surface area contributed by atoms with Gasteiger partial charge in [-0.3, -0.25) is 9.36 Å². The van der Waals surface area contributed by atoms with Crippen LogP contribution in [0.1, 0.15) is 27.3 Å². The summed E-state index contributed by atoms with van der Waals surface area (Å²) in [6.45, 7) is 2.44. The van der Waals surface area contributed by atoms with Gasteiger partial charge in [-0.05, 0) is 54.4 Å². The summed E-state index contributed by atoms with van der Waals surface area (Å²) in [4.78, 5) is 12.6. The van der Waals surface area contributed by atoms with Gasteiger partial charge >= 0.3 is 0 Å². The Morgan fingerprint density at radius 2 is 1.76 bits per heavy atom. The van der Waals surface area contributed by atoms with Crippen molar-refractivity contribution in [1.29, 1.82) is 0 Å². The average Bonchev–Trinajstić information content (AvgIpc) is 3.26. The first-order chi connectivity index (χ1) is 16.6. The largest absolute Gasteiger partial charge is 0.496 e. The van der Waals surface area contributed by atoms with Crippen molar-refractivity contribution in [2.24, 2.45) is 0 Å². The lowest BCUT2D eigenvalue weighted by molar-refractivity contribution is 0.0951. The van der Waals surface area contributed by atoms with Crippen LogP contribution in [-0.4, -0.2) is 34.3 Å². The smallest absolute Gasteiger partial charge is 0.255 e. The number of hydrogen-bond acceptors (Lipinski definition) is 5. The lowest BCUT2D eigenvalue weighted by Crippen LogP contribution is -2.26. The Balaban J connectivity index is 1.51. The maximum atomic E-state index is 13.6. The number of carbonyl (C=O) groups is 1. The zero-order chi connectivity index (χ0) is 23.9. The molecule has 1 heterocycles. The van der Waals surface area contributed by atoms with Crippen LogP contribution in [0.5, 0.6) is 5.75 Å². The van der Waals surface area contributed by atoms with Crippen LogP contribution in [0.4, 0.5) is 4.39 Å². The minimum absolute atomic E-state index is 0.223. The summed E-state index contributed by atoms with van der Waals surface area (Å²) in [6.07, 6.45) is 0.455. The first kappa shape index (κ1) is 23.5. The number of para-hydroxylation sites is 1. The van der Waals surface area contributed by atoms with E-state index in [1.54, 1.807) is 42.1 Å². The van der Waals surface area contributed by atoms with Crippen LogP contribution in [0, 0.1) is 12.7 Å². The predicted molar refractivity (Wildman–Crippen MR) is 131 cm³/mol. The van der Waals surface area contributed by atoms with Gasteiger partial charge in [0, 0.05) is 24.4 Å². The number of thioether (sulfide) groups is 1. The summed E-state index contributed by atoms with van der Waals surface area (Å²) >= 11 is 1.57. The standard InChI is InChI=1S/C26H25FN4O2S/c1-18-7-3-4-8-19(18)17-34-26-30-29-24(31(26)21-13-11-20(27)12-14-21)15-16-28-25(32)22-9-5-6-10-23(22)33-2/h3-14H,15-17H2,1-2H3,(H,28,32). The number of halogens is 1. The summed E-state index contributed by atoms with van der Waals surface area (Å²) in [5.41, 5.74) is 3.66. The summed E-state index contributed by atoms with van der Waals surface area (Å²) < 4.78 is 20.7. The number of nitrogens with zero attached hydrogens (tertiary/aromatic N) is 3. The molecule has 1 amide bonds. The van der Waals surface area contributed by atoms with Crippen molar-refractivity contribution in [3.05, 3.63) is 101 Å². The average molecular weight is 477 g/mol. The monoisotopic (exact) mass is 476 g/mol. The van der Waals surface area contributed by atoms with Crippen LogP contribution in [0.2, 0.25) is 0 Å². The molecule has 8 heteroatoms. The molecule has 0 aliphatic rings. The summed E-state index contributed by atoms with van der Waals surface area (Å²) in [6, 6.07) is 21.5. The van der Waals surface area contributed by atoms with Crippen LogP contribution in [0.15, 0.2) is 78.0 Å². The molecule has 0 atom stereocenters. The van der Waals surface area contributed by atoms with Gasteiger partial charge in [-0.15, -0.1) is 10.2 Å². The molecule has 0 unspecified atom stereocenters. The topological polar surface area (TPSA) is 69.0 Å². The van der Waals surface area contributed by atoms with E-state index in [-0.39, 0.29) is 11.7 Å². The highest BCUT2D eigenvalue weighted by molar-refractivity contribution is 7.98. The Bertz CT molecular complexity index is 1270. The van der Waals surface area contributed by atoms with Gasteiger partial charge in [-0.1, -0.05) is 48.2 Å². The molecule has 0 fully saturated rings. The van der Waals surface area contributed by atoms with Crippen molar-refractivity contribution < 1.29 is 13.9 Å². The number of amides is 1. The third-order valence-electron chi connectivity index (χ3n) is 5.39. The second-order valence-electron chi connectivity index (χ2n) is 7.63. The van der Waals surface area contributed by atoms with E-state index in [1.807, 2.05) is 22.8 Å². The van der Waals surface area contributed by atoms with E-state index in [2.05, 4.69) is 34.6 Å². The zero-order valence-electron chi connectivity index (χ0n) is 19.0. The van der Waals surface area contributed by atoms with Crippen LogP contribution in [-0.2, 0) is 12.2 Å². The molecule has 0 aliphatic carbocycles. The molecule has 174 valence electrons. The van der Waals surface area contributed by atoms with E-state index in [4.69, 9.17) is 4.74 Å². The van der Waals surface area contributed by atoms with Crippen molar-refractivity contribution in [2.75, 3.05) is 13.7 Å². The van der Waals surface area contributed by atoms with Gasteiger partial charge in [0.15, 0.2) is 5.16 Å². The quantitative estimate of drug-likeness (QED) is 0.345. The van der Waals surface area contributed by atoms with Crippen molar-refractivity contribution in [3.63, 3.8) is 0 Å². The fourth-order valence-corrected chi connectivity index (χ4v) is 4.58. The molecule has 4 rings (SSSR count). The number of ether oxygens (including phenoxy) is 1. The van der Waals surface area contributed by atoms with Crippen LogP contribution < -0.4 is 10.1 Å². The number of aryl methyl sites for hydroxylation is 1. The normalized spacial score (nSPS) is 10.8. The lowest BCUT2D eigenvalue weighted by Gasteiger charge is -2.12. The highest BCUT2D eigenvalue weighted by Gasteiger charge is 2.16. The van der Waals surface area contributed by atoms with Crippen molar-refractivity contribution in [2.45, 2.75) is 24.3 Å². The van der Waals surface area contributed by atoms with E-state index in [0.29, 0.717) is 35.3 Å². The summed E-state index contributed by atoms with van der Waals surface area (Å²) in [5, 5.41) is 12.4. The Hall–Kier alpha value is -3.65. The SMILES string of the molecule is COc1ccccc1C(=O)NCCc1nnc(SCc2ccccc2C)n1-c1ccc(F)cc1. The van der Waals surface area contributed by atoms with Gasteiger partial charge in [0.05, 0.1) is 12.7 Å². The van der Waals surface area contributed by atoms with Gasteiger partial charge in [0.1, 0.15) is 17.4 Å². The van der Waals surface area contributed by atoms with E-state index in [9.17, 15) is 9.18 Å². The number of carbonyl (C=O) groups excluding carboxylic acids is 1. The van der Waals surface area contributed by atoms with Gasteiger partial charge in [0.2, 0.25) is 0 Å². The Morgan fingerprint density at radius 1 is 1.03 bits per heavy atom. The van der Waals surface area contributed by atoms with Crippen molar-refractivity contribution in [1.82, 2.24) is 20.1 Å². The van der Waals surface area contributed by atoms with Gasteiger partial charge in [-0.2, -0.15) is 0 Å². The zero-order valence-corrected chi connectivity index (χ0v) is 19.8. The second-order valence-corrected chi connectivity index (χ2v) is 8.57. The van der Waals surface area contributed by atoms with Crippen molar-refractivity contribution in [3.8, 4) is 11.4 Å². The summed E-state index contributed by atoms with van der Waals surface area (Å²) in [7, 11) is 1.54. The molecule has 1 aromatic heterocycles. The van der Waals surface area contributed by atoms with Crippen LogP contribution >= 0.6 is 11.8 Å². The number of methoxy groups -OCH3 is 1. The van der Waals surface area contributed by atoms with Crippen LogP contribution in [0.25, 0.3) is 5.69 Å². The van der Waals surface area contributed by atoms with Gasteiger partial charge in [0.25, 0.3) is 5.91 Å². The summed E-state index contributed by atoms with van der Waals surface area (Å²) in [5.74, 6) is 1.40. The molecule has 0 saturated heterocycles. The van der Waals surface area contributed by atoms with E-state index < -0.39 is 0 Å². The Kier molecular flexibility index (Phi) is 7.59. The molecule has 1 N–H and O–H groups in total. The first-order valence-electron chi connectivity index (χ1n) is 10.9. The fraction of sp³-hybridized carbons (Fsp3) is 0.192. The van der Waals surface area contributed by atoms with E-state index in [1.165, 1.54) is 30.4 Å². The van der Waals surface area contributed by atoms with Gasteiger partial charge < -0.3 is 10.1 Å².